The average Bonchev–Trinajstić information content (AvgIpc) is 3.31. The van der Waals surface area contributed by atoms with Crippen molar-refractivity contribution in [2.45, 2.75) is 31.5 Å². The molecule has 1 aromatic carbocycles. The molecule has 12 heteroatoms. The maximum Gasteiger partial charge on any atom is 0.338 e. The molecule has 1 unspecified atom stereocenters. The van der Waals surface area contributed by atoms with Gasteiger partial charge in [0.25, 0.3) is 5.91 Å². The fourth-order valence-electron chi connectivity index (χ4n) is 4.09. The predicted molar refractivity (Wildman–Crippen MR) is 133 cm³/mol. The van der Waals surface area contributed by atoms with Crippen molar-refractivity contribution in [3.05, 3.63) is 35.0 Å². The number of methoxy groups -OCH3 is 2. The number of anilines is 1. The van der Waals surface area contributed by atoms with E-state index in [9.17, 15) is 9.59 Å². The van der Waals surface area contributed by atoms with Crippen LogP contribution in [0, 0.1) is 0 Å². The number of benzene rings is 1. The number of fused-ring (bicyclic) bond motifs is 1. The molecular formula is C24H31N5O6S. The van der Waals surface area contributed by atoms with Crippen molar-refractivity contribution in [1.29, 1.82) is 0 Å². The Morgan fingerprint density at radius 1 is 1.22 bits per heavy atom. The second-order valence-corrected chi connectivity index (χ2v) is 9.32. The van der Waals surface area contributed by atoms with Crippen molar-refractivity contribution in [3.63, 3.8) is 0 Å². The molecule has 36 heavy (non-hydrogen) atoms. The minimum atomic E-state index is -0.588. The number of amides is 1. The van der Waals surface area contributed by atoms with Gasteiger partial charge in [-0.3, -0.25) is 4.79 Å². The van der Waals surface area contributed by atoms with Crippen LogP contribution in [0.15, 0.2) is 34.6 Å². The van der Waals surface area contributed by atoms with Gasteiger partial charge in [-0.15, -0.1) is 5.10 Å². The van der Waals surface area contributed by atoms with Crippen LogP contribution in [0.1, 0.15) is 31.9 Å². The van der Waals surface area contributed by atoms with E-state index in [0.29, 0.717) is 60.2 Å². The zero-order valence-corrected chi connectivity index (χ0v) is 21.7. The molecule has 1 amide bonds. The Labute approximate surface area is 214 Å². The van der Waals surface area contributed by atoms with E-state index in [0.717, 1.165) is 17.7 Å². The van der Waals surface area contributed by atoms with Gasteiger partial charge in [0.2, 0.25) is 11.1 Å². The average molecular weight is 518 g/mol. The zero-order chi connectivity index (χ0) is 25.7. The predicted octanol–water partition coefficient (Wildman–Crippen LogP) is 2.49. The maximum absolute atomic E-state index is 12.8. The smallest absolute Gasteiger partial charge is 0.338 e. The molecule has 1 fully saturated rings. The molecule has 2 aromatic rings. The second kappa shape index (κ2) is 11.7. The molecular weight excluding hydrogens is 486 g/mol. The number of allylic oxidation sites excluding steroid dienone is 1. The van der Waals surface area contributed by atoms with Gasteiger partial charge in [-0.2, -0.15) is 4.98 Å². The minimum absolute atomic E-state index is 0.110. The molecule has 2 aliphatic rings. The van der Waals surface area contributed by atoms with Crippen molar-refractivity contribution >= 4 is 29.6 Å². The van der Waals surface area contributed by atoms with E-state index >= 15 is 0 Å². The van der Waals surface area contributed by atoms with Gasteiger partial charge in [0.05, 0.1) is 33.0 Å². The lowest BCUT2D eigenvalue weighted by Crippen LogP contribution is -2.43. The van der Waals surface area contributed by atoms with Crippen molar-refractivity contribution in [1.82, 2.24) is 19.7 Å². The summed E-state index contributed by atoms with van der Waals surface area (Å²) in [5, 5.41) is 8.46. The van der Waals surface area contributed by atoms with Crippen molar-refractivity contribution < 1.29 is 28.5 Å². The summed E-state index contributed by atoms with van der Waals surface area (Å²) in [5.41, 5.74) is 1.78. The normalized spacial score (nSPS) is 17.3. The number of esters is 1. The first kappa shape index (κ1) is 25.8. The van der Waals surface area contributed by atoms with Gasteiger partial charge < -0.3 is 29.2 Å². The molecule has 3 heterocycles. The van der Waals surface area contributed by atoms with Gasteiger partial charge in [-0.25, -0.2) is 9.48 Å². The minimum Gasteiger partial charge on any atom is -0.493 e. The number of rotatable bonds is 9. The molecule has 0 saturated carbocycles. The van der Waals surface area contributed by atoms with Crippen LogP contribution in [0.3, 0.4) is 0 Å². The standard InChI is InChI=1S/C24H31N5O6S/c1-5-12-36-24-26-23-25-15(2)20(22(31)33-4)21(29(23)27-24)16-6-7-17(18(13-16)32-3)35-14-19(30)28-8-10-34-11-9-28/h6-7,13,21H,5,8-12,14H2,1-4H3,(H,25,26,27). The molecule has 1 saturated heterocycles. The van der Waals surface area contributed by atoms with Gasteiger partial charge >= 0.3 is 5.97 Å². The molecule has 4 rings (SSSR count). The first-order valence-corrected chi connectivity index (χ1v) is 12.8. The fourth-order valence-corrected chi connectivity index (χ4v) is 4.77. The Balaban J connectivity index is 1.63. The molecule has 0 radical (unpaired) electrons. The second-order valence-electron chi connectivity index (χ2n) is 8.26. The van der Waals surface area contributed by atoms with Crippen molar-refractivity contribution in [2.75, 3.05) is 58.2 Å². The number of aromatic nitrogens is 3. The third-order valence-corrected chi connectivity index (χ3v) is 6.94. The Bertz CT molecular complexity index is 1140. The Hall–Kier alpha value is -3.25. The van der Waals surface area contributed by atoms with Crippen LogP contribution in [0.25, 0.3) is 0 Å². The van der Waals surface area contributed by atoms with Gasteiger partial charge in [0.1, 0.15) is 6.04 Å². The molecule has 194 valence electrons. The molecule has 11 nitrogen and oxygen atoms in total. The lowest BCUT2D eigenvalue weighted by atomic mass is 9.95. The Morgan fingerprint density at radius 3 is 2.69 bits per heavy atom. The number of hydrogen-bond donors (Lipinski definition) is 1. The summed E-state index contributed by atoms with van der Waals surface area (Å²) in [5.74, 6) is 1.70. The largest absolute Gasteiger partial charge is 0.493 e. The highest BCUT2D eigenvalue weighted by atomic mass is 32.2. The Kier molecular flexibility index (Phi) is 8.36. The molecule has 1 aromatic heterocycles. The third kappa shape index (κ3) is 5.44. The Morgan fingerprint density at radius 2 is 2.00 bits per heavy atom. The van der Waals surface area contributed by atoms with Crippen molar-refractivity contribution in [3.8, 4) is 11.5 Å². The van der Waals surface area contributed by atoms with Crippen LogP contribution in [0.4, 0.5) is 5.95 Å². The number of hydrogen-bond acceptors (Lipinski definition) is 10. The molecule has 0 aliphatic carbocycles. The van der Waals surface area contributed by atoms with E-state index < -0.39 is 12.0 Å². The van der Waals surface area contributed by atoms with Crippen molar-refractivity contribution in [2.24, 2.45) is 0 Å². The number of thioether (sulfide) groups is 1. The van der Waals surface area contributed by atoms with E-state index in [1.165, 1.54) is 14.2 Å². The van der Waals surface area contributed by atoms with E-state index in [1.807, 2.05) is 13.0 Å². The van der Waals surface area contributed by atoms with Crippen LogP contribution in [0.2, 0.25) is 0 Å². The quantitative estimate of drug-likeness (QED) is 0.393. The highest BCUT2D eigenvalue weighted by molar-refractivity contribution is 7.99. The zero-order valence-electron chi connectivity index (χ0n) is 20.9. The third-order valence-electron chi connectivity index (χ3n) is 5.89. The number of nitrogens with zero attached hydrogens (tertiary/aromatic N) is 4. The first-order valence-electron chi connectivity index (χ1n) is 11.8. The van der Waals surface area contributed by atoms with Crippen LogP contribution in [-0.2, 0) is 19.1 Å². The van der Waals surface area contributed by atoms with Gasteiger partial charge in [0, 0.05) is 24.5 Å². The molecule has 1 atom stereocenters. The van der Waals surface area contributed by atoms with Crippen LogP contribution in [-0.4, -0.2) is 84.4 Å². The highest BCUT2D eigenvalue weighted by Gasteiger charge is 2.35. The van der Waals surface area contributed by atoms with Gasteiger partial charge in [-0.05, 0) is 31.0 Å². The molecule has 1 N–H and O–H groups in total. The van der Waals surface area contributed by atoms with E-state index in [1.54, 1.807) is 33.5 Å². The van der Waals surface area contributed by atoms with Gasteiger partial charge in [-0.1, -0.05) is 24.8 Å². The monoisotopic (exact) mass is 517 g/mol. The van der Waals surface area contributed by atoms with E-state index in [4.69, 9.17) is 18.9 Å². The number of ether oxygens (including phenoxy) is 4. The van der Waals surface area contributed by atoms with E-state index in [2.05, 4.69) is 22.3 Å². The first-order chi connectivity index (χ1) is 17.5. The van der Waals surface area contributed by atoms with E-state index in [-0.39, 0.29) is 12.5 Å². The van der Waals surface area contributed by atoms with Crippen LogP contribution in [0.5, 0.6) is 11.5 Å². The fraction of sp³-hybridized carbons (Fsp3) is 0.500. The topological polar surface area (TPSA) is 117 Å². The number of nitrogens with one attached hydrogen (secondary N) is 1. The summed E-state index contributed by atoms with van der Waals surface area (Å²) in [6.45, 7) is 5.94. The summed E-state index contributed by atoms with van der Waals surface area (Å²) in [6.07, 6.45) is 0.989. The lowest BCUT2D eigenvalue weighted by molar-refractivity contribution is -0.137. The van der Waals surface area contributed by atoms with Crippen LogP contribution >= 0.6 is 11.8 Å². The lowest BCUT2D eigenvalue weighted by Gasteiger charge is -2.28. The van der Waals surface area contributed by atoms with Crippen LogP contribution < -0.4 is 14.8 Å². The summed E-state index contributed by atoms with van der Waals surface area (Å²) in [4.78, 5) is 31.6. The molecule has 0 spiro atoms. The van der Waals surface area contributed by atoms with Gasteiger partial charge in [0.15, 0.2) is 18.1 Å². The molecule has 2 aliphatic heterocycles. The summed E-state index contributed by atoms with van der Waals surface area (Å²) in [6, 6.07) is 4.75. The number of carbonyl (C=O) groups is 2. The SMILES string of the molecule is CCCSc1nc2n(n1)C(c1ccc(OCC(=O)N3CCOCC3)c(OC)c1)C(C(=O)OC)=C(C)N2. The summed E-state index contributed by atoms with van der Waals surface area (Å²) < 4.78 is 23.5. The highest BCUT2D eigenvalue weighted by Crippen LogP contribution is 2.39. The molecule has 0 bridgehead atoms. The summed E-state index contributed by atoms with van der Waals surface area (Å²) >= 11 is 1.55. The summed E-state index contributed by atoms with van der Waals surface area (Å²) in [7, 11) is 2.88. The number of morpholine rings is 1. The maximum atomic E-state index is 12.8. The number of carbonyl (C=O) groups excluding carboxylic acids is 2.